The van der Waals surface area contributed by atoms with E-state index in [-0.39, 0.29) is 35.2 Å². The summed E-state index contributed by atoms with van der Waals surface area (Å²) in [6.07, 6.45) is 1.98. The van der Waals surface area contributed by atoms with Crippen molar-refractivity contribution in [3.05, 3.63) is 68.2 Å². The number of carbonyl (C=O) groups excluding carboxylic acids is 1. The van der Waals surface area contributed by atoms with Crippen LogP contribution in [-0.2, 0) is 6.54 Å². The van der Waals surface area contributed by atoms with Gasteiger partial charge in [0.25, 0.3) is 11.5 Å². The molecule has 0 spiro atoms. The Labute approximate surface area is 170 Å². The first-order valence-corrected chi connectivity index (χ1v) is 9.29. The van der Waals surface area contributed by atoms with Crippen LogP contribution in [0.4, 0.5) is 10.1 Å². The van der Waals surface area contributed by atoms with Gasteiger partial charge in [0.05, 0.1) is 16.6 Å². The van der Waals surface area contributed by atoms with Gasteiger partial charge in [0.15, 0.2) is 0 Å². The molecule has 3 aromatic rings. The fraction of sp³-hybridized carbons (Fsp3) is 0.250. The Kier molecular flexibility index (Phi) is 6.22. The van der Waals surface area contributed by atoms with E-state index in [9.17, 15) is 18.8 Å². The monoisotopic (exact) mass is 410 g/mol. The molecule has 2 aromatic heterocycles. The molecule has 3 rings (SSSR count). The van der Waals surface area contributed by atoms with Crippen LogP contribution in [0.2, 0.25) is 0 Å². The molecule has 0 bridgehead atoms. The van der Waals surface area contributed by atoms with Crippen LogP contribution < -0.4 is 21.9 Å². The number of aryl methyl sites for hydroxylation is 1. The van der Waals surface area contributed by atoms with Crippen LogP contribution in [0.5, 0.6) is 0 Å². The highest BCUT2D eigenvalue weighted by Gasteiger charge is 2.13. The Balaban J connectivity index is 1.70. The Morgan fingerprint density at radius 2 is 2.13 bits per heavy atom. The molecule has 0 saturated heterocycles. The summed E-state index contributed by atoms with van der Waals surface area (Å²) in [5.74, 6) is -1.08. The van der Waals surface area contributed by atoms with Crippen LogP contribution in [0.15, 0.2) is 40.1 Å². The van der Waals surface area contributed by atoms with E-state index in [0.717, 1.165) is 0 Å². The maximum Gasteiger partial charge on any atom is 0.329 e. The van der Waals surface area contributed by atoms with Gasteiger partial charge < -0.3 is 10.6 Å². The van der Waals surface area contributed by atoms with Crippen molar-refractivity contribution in [2.24, 2.45) is 0 Å². The molecule has 0 atom stereocenters. The fourth-order valence-corrected chi connectivity index (χ4v) is 2.98. The van der Waals surface area contributed by atoms with Gasteiger partial charge in [-0.1, -0.05) is 13.0 Å². The van der Waals surface area contributed by atoms with Crippen molar-refractivity contribution >= 4 is 22.6 Å². The third-order valence-corrected chi connectivity index (χ3v) is 4.39. The minimum atomic E-state index is -0.624. The van der Waals surface area contributed by atoms with Crippen LogP contribution in [0, 0.1) is 17.1 Å². The number of H-pyrrole nitrogens is 1. The average Bonchev–Trinajstić information content (AvgIpc) is 2.73. The predicted octanol–water partition coefficient (Wildman–Crippen LogP) is 1.35. The normalized spacial score (nSPS) is 10.6. The summed E-state index contributed by atoms with van der Waals surface area (Å²) in [6.45, 7) is 2.72. The molecule has 0 aliphatic rings. The largest absolute Gasteiger partial charge is 0.382 e. The van der Waals surface area contributed by atoms with Crippen LogP contribution >= 0.6 is 0 Å². The van der Waals surface area contributed by atoms with Gasteiger partial charge >= 0.3 is 5.69 Å². The van der Waals surface area contributed by atoms with Crippen molar-refractivity contribution in [3.8, 4) is 6.07 Å². The number of pyridine rings is 1. The van der Waals surface area contributed by atoms with Crippen molar-refractivity contribution < 1.29 is 9.18 Å². The smallest absolute Gasteiger partial charge is 0.329 e. The number of hydrogen-bond acceptors (Lipinski definition) is 6. The molecule has 0 unspecified atom stereocenters. The Morgan fingerprint density at radius 1 is 1.33 bits per heavy atom. The van der Waals surface area contributed by atoms with E-state index < -0.39 is 23.0 Å². The summed E-state index contributed by atoms with van der Waals surface area (Å²) >= 11 is 0. The van der Waals surface area contributed by atoms with E-state index in [1.165, 1.54) is 29.0 Å². The third kappa shape index (κ3) is 4.20. The summed E-state index contributed by atoms with van der Waals surface area (Å²) in [6, 6.07) is 7.42. The molecule has 30 heavy (non-hydrogen) atoms. The zero-order valence-corrected chi connectivity index (χ0v) is 16.2. The molecule has 0 saturated carbocycles. The molecule has 1 amide bonds. The minimum Gasteiger partial charge on any atom is -0.382 e. The van der Waals surface area contributed by atoms with E-state index in [0.29, 0.717) is 18.7 Å². The molecular weight excluding hydrogens is 391 g/mol. The van der Waals surface area contributed by atoms with Crippen LogP contribution in [0.1, 0.15) is 29.3 Å². The number of nitriles is 1. The zero-order chi connectivity index (χ0) is 21.7. The Morgan fingerprint density at radius 3 is 2.87 bits per heavy atom. The highest BCUT2D eigenvalue weighted by atomic mass is 19.1. The maximum atomic E-state index is 13.6. The van der Waals surface area contributed by atoms with Gasteiger partial charge in [-0.2, -0.15) is 5.26 Å². The molecule has 1 aromatic carbocycles. The molecule has 9 nitrogen and oxygen atoms in total. The number of amides is 1. The fourth-order valence-electron chi connectivity index (χ4n) is 2.98. The van der Waals surface area contributed by atoms with Gasteiger partial charge in [0.2, 0.25) is 0 Å². The summed E-state index contributed by atoms with van der Waals surface area (Å²) in [5, 5.41) is 14.7. The summed E-state index contributed by atoms with van der Waals surface area (Å²) in [7, 11) is 0. The Bertz CT molecular complexity index is 1260. The summed E-state index contributed by atoms with van der Waals surface area (Å²) in [5.41, 5.74) is -0.530. The standard InChI is InChI=1S/C20H19FN6O3/c1-2-8-27-17-13(19(29)26-20(27)30)9-12(11-25-17)18(28)24-7-6-23-16-5-3-4-15(21)14(16)10-22/h3-5,9,11,23H,2,6-8H2,1H3,(H,24,28)(H,26,29,30). The number of aromatic nitrogens is 3. The van der Waals surface area contributed by atoms with Gasteiger partial charge in [-0.25, -0.2) is 14.2 Å². The second kappa shape index (κ2) is 9.00. The number of carbonyl (C=O) groups is 1. The molecule has 2 heterocycles. The number of nitrogens with zero attached hydrogens (tertiary/aromatic N) is 3. The lowest BCUT2D eigenvalue weighted by atomic mass is 10.2. The number of fused-ring (bicyclic) bond motifs is 1. The first kappa shape index (κ1) is 20.7. The zero-order valence-electron chi connectivity index (χ0n) is 16.2. The molecule has 0 aliphatic heterocycles. The molecule has 3 N–H and O–H groups in total. The lowest BCUT2D eigenvalue weighted by Gasteiger charge is -2.11. The number of anilines is 1. The van der Waals surface area contributed by atoms with Gasteiger partial charge in [-0.05, 0) is 24.6 Å². The van der Waals surface area contributed by atoms with Crippen molar-refractivity contribution in [1.29, 1.82) is 5.26 Å². The average molecular weight is 410 g/mol. The van der Waals surface area contributed by atoms with E-state index in [2.05, 4.69) is 20.6 Å². The molecule has 0 fully saturated rings. The van der Waals surface area contributed by atoms with E-state index in [1.807, 2.05) is 6.92 Å². The first-order valence-electron chi connectivity index (χ1n) is 9.29. The SMILES string of the molecule is CCCn1c(=O)[nH]c(=O)c2cc(C(=O)NCCNc3cccc(F)c3C#N)cnc21. The number of aromatic amines is 1. The highest BCUT2D eigenvalue weighted by molar-refractivity contribution is 5.96. The molecule has 10 heteroatoms. The number of benzene rings is 1. The van der Waals surface area contributed by atoms with Crippen LogP contribution in [-0.4, -0.2) is 33.5 Å². The number of halogens is 1. The lowest BCUT2D eigenvalue weighted by Crippen LogP contribution is -2.32. The van der Waals surface area contributed by atoms with Crippen molar-refractivity contribution in [3.63, 3.8) is 0 Å². The highest BCUT2D eigenvalue weighted by Crippen LogP contribution is 2.17. The molecular formula is C20H19FN6O3. The molecule has 0 radical (unpaired) electrons. The number of nitrogens with one attached hydrogen (secondary N) is 3. The van der Waals surface area contributed by atoms with Crippen molar-refractivity contribution in [1.82, 2.24) is 19.9 Å². The second-order valence-corrected chi connectivity index (χ2v) is 6.46. The van der Waals surface area contributed by atoms with Crippen molar-refractivity contribution in [2.75, 3.05) is 18.4 Å². The number of hydrogen-bond donors (Lipinski definition) is 3. The Hall–Kier alpha value is -4.00. The van der Waals surface area contributed by atoms with Gasteiger partial charge in [0, 0.05) is 25.8 Å². The first-order chi connectivity index (χ1) is 14.5. The maximum absolute atomic E-state index is 13.6. The number of rotatable bonds is 7. The van der Waals surface area contributed by atoms with E-state index in [1.54, 1.807) is 12.1 Å². The van der Waals surface area contributed by atoms with Gasteiger partial charge in [0.1, 0.15) is 23.1 Å². The molecule has 0 aliphatic carbocycles. The summed E-state index contributed by atoms with van der Waals surface area (Å²) < 4.78 is 14.9. The van der Waals surface area contributed by atoms with E-state index in [4.69, 9.17) is 5.26 Å². The lowest BCUT2D eigenvalue weighted by molar-refractivity contribution is 0.0955. The van der Waals surface area contributed by atoms with E-state index >= 15 is 0 Å². The van der Waals surface area contributed by atoms with Crippen molar-refractivity contribution in [2.45, 2.75) is 19.9 Å². The second-order valence-electron chi connectivity index (χ2n) is 6.46. The van der Waals surface area contributed by atoms with Crippen LogP contribution in [0.25, 0.3) is 11.0 Å². The predicted molar refractivity (Wildman–Crippen MR) is 109 cm³/mol. The topological polar surface area (TPSA) is 133 Å². The quantitative estimate of drug-likeness (QED) is 0.504. The summed E-state index contributed by atoms with van der Waals surface area (Å²) in [4.78, 5) is 42.9. The molecule has 154 valence electrons. The third-order valence-electron chi connectivity index (χ3n) is 4.39. The van der Waals surface area contributed by atoms with Crippen LogP contribution in [0.3, 0.4) is 0 Å². The minimum absolute atomic E-state index is 0.0973. The van der Waals surface area contributed by atoms with Gasteiger partial charge in [-0.3, -0.25) is 19.1 Å². The van der Waals surface area contributed by atoms with Gasteiger partial charge in [-0.15, -0.1) is 0 Å².